The van der Waals surface area contributed by atoms with Crippen LogP contribution in [0.5, 0.6) is 0 Å². The first-order valence-corrected chi connectivity index (χ1v) is 8.06. The molecule has 0 bridgehead atoms. The van der Waals surface area contributed by atoms with Gasteiger partial charge in [0, 0.05) is 30.3 Å². The summed E-state index contributed by atoms with van der Waals surface area (Å²) in [5.74, 6) is 1.01. The molecule has 1 aliphatic rings. The van der Waals surface area contributed by atoms with Gasteiger partial charge in [-0.3, -0.25) is 4.79 Å². The van der Waals surface area contributed by atoms with Gasteiger partial charge in [0.2, 0.25) is 5.91 Å². The standard InChI is InChI=1S/C16H26N4O/c1-3-12(2)20-15(21)9-10-17-16-13-7-5-4-6-8-14(13)18-11-19-16/h11-12H,3-10H2,1-2H3,(H,20,21)(H,17,18,19). The van der Waals surface area contributed by atoms with E-state index < -0.39 is 0 Å². The number of carbonyl (C=O) groups excluding carboxylic acids is 1. The van der Waals surface area contributed by atoms with Crippen molar-refractivity contribution in [2.24, 2.45) is 0 Å². The van der Waals surface area contributed by atoms with Crippen LogP contribution >= 0.6 is 0 Å². The van der Waals surface area contributed by atoms with Gasteiger partial charge in [-0.2, -0.15) is 0 Å². The number of aryl methyl sites for hydroxylation is 1. The molecule has 0 aliphatic heterocycles. The van der Waals surface area contributed by atoms with Crippen LogP contribution in [0.3, 0.4) is 0 Å². The molecule has 5 nitrogen and oxygen atoms in total. The summed E-state index contributed by atoms with van der Waals surface area (Å²) in [6.45, 7) is 4.71. The summed E-state index contributed by atoms with van der Waals surface area (Å²) >= 11 is 0. The summed E-state index contributed by atoms with van der Waals surface area (Å²) in [7, 11) is 0. The molecule has 5 heteroatoms. The Morgan fingerprint density at radius 3 is 2.90 bits per heavy atom. The van der Waals surface area contributed by atoms with Crippen molar-refractivity contribution in [2.75, 3.05) is 11.9 Å². The van der Waals surface area contributed by atoms with E-state index in [9.17, 15) is 4.79 Å². The number of amides is 1. The van der Waals surface area contributed by atoms with Crippen LogP contribution in [0.1, 0.15) is 57.2 Å². The highest BCUT2D eigenvalue weighted by Crippen LogP contribution is 2.23. The van der Waals surface area contributed by atoms with Crippen LogP contribution in [-0.2, 0) is 17.6 Å². The molecule has 1 atom stereocenters. The summed E-state index contributed by atoms with van der Waals surface area (Å²) in [5, 5.41) is 6.29. The van der Waals surface area contributed by atoms with Crippen molar-refractivity contribution in [3.05, 3.63) is 17.6 Å². The molecule has 0 spiro atoms. The Balaban J connectivity index is 1.87. The van der Waals surface area contributed by atoms with Gasteiger partial charge in [0.15, 0.2) is 0 Å². The Labute approximate surface area is 127 Å². The number of carbonyl (C=O) groups is 1. The van der Waals surface area contributed by atoms with Gasteiger partial charge in [0.1, 0.15) is 12.1 Å². The molecule has 0 saturated heterocycles. The molecule has 116 valence electrons. The third-order valence-electron chi connectivity index (χ3n) is 4.04. The zero-order chi connectivity index (χ0) is 15.1. The van der Waals surface area contributed by atoms with Crippen molar-refractivity contribution in [3.8, 4) is 0 Å². The van der Waals surface area contributed by atoms with E-state index in [1.807, 2.05) is 6.92 Å². The Morgan fingerprint density at radius 2 is 2.10 bits per heavy atom. The van der Waals surface area contributed by atoms with Crippen LogP contribution in [0.25, 0.3) is 0 Å². The van der Waals surface area contributed by atoms with Crippen LogP contribution in [0.2, 0.25) is 0 Å². The average Bonchev–Trinajstić information content (AvgIpc) is 2.73. The number of hydrogen-bond acceptors (Lipinski definition) is 4. The maximum absolute atomic E-state index is 11.8. The SMILES string of the molecule is CCC(C)NC(=O)CCNc1ncnc2c1CCCCC2. The second-order valence-corrected chi connectivity index (χ2v) is 5.76. The molecule has 21 heavy (non-hydrogen) atoms. The highest BCUT2D eigenvalue weighted by atomic mass is 16.1. The number of nitrogens with one attached hydrogen (secondary N) is 2. The van der Waals surface area contributed by atoms with Gasteiger partial charge in [0.25, 0.3) is 0 Å². The lowest BCUT2D eigenvalue weighted by Crippen LogP contribution is -2.33. The van der Waals surface area contributed by atoms with Gasteiger partial charge in [-0.15, -0.1) is 0 Å². The maximum Gasteiger partial charge on any atom is 0.221 e. The first-order valence-electron chi connectivity index (χ1n) is 8.06. The fourth-order valence-electron chi connectivity index (χ4n) is 2.59. The largest absolute Gasteiger partial charge is 0.369 e. The molecule has 0 radical (unpaired) electrons. The van der Waals surface area contributed by atoms with Crippen molar-refractivity contribution in [3.63, 3.8) is 0 Å². The molecule has 1 aromatic heterocycles. The van der Waals surface area contributed by atoms with Crippen molar-refractivity contribution in [2.45, 2.75) is 64.8 Å². The minimum absolute atomic E-state index is 0.0944. The summed E-state index contributed by atoms with van der Waals surface area (Å²) in [5.41, 5.74) is 2.42. The topological polar surface area (TPSA) is 66.9 Å². The Bertz CT molecular complexity index is 475. The van der Waals surface area contributed by atoms with Crippen molar-refractivity contribution >= 4 is 11.7 Å². The van der Waals surface area contributed by atoms with Crippen LogP contribution in [-0.4, -0.2) is 28.5 Å². The summed E-state index contributed by atoms with van der Waals surface area (Å²) in [4.78, 5) is 20.5. The predicted molar refractivity (Wildman–Crippen MR) is 84.3 cm³/mol. The zero-order valence-electron chi connectivity index (χ0n) is 13.1. The van der Waals surface area contributed by atoms with E-state index in [-0.39, 0.29) is 11.9 Å². The number of nitrogens with zero attached hydrogens (tertiary/aromatic N) is 2. The van der Waals surface area contributed by atoms with Crippen LogP contribution in [0.15, 0.2) is 6.33 Å². The highest BCUT2D eigenvalue weighted by molar-refractivity contribution is 5.76. The van der Waals surface area contributed by atoms with Gasteiger partial charge in [-0.05, 0) is 39.0 Å². The molecule has 1 aromatic rings. The average molecular weight is 290 g/mol. The number of hydrogen-bond donors (Lipinski definition) is 2. The normalized spacial score (nSPS) is 15.7. The summed E-state index contributed by atoms with van der Waals surface area (Å²) in [6.07, 6.45) is 8.81. The molecule has 1 aliphatic carbocycles. The third-order valence-corrected chi connectivity index (χ3v) is 4.04. The predicted octanol–water partition coefficient (Wildman–Crippen LogP) is 2.46. The van der Waals surface area contributed by atoms with Gasteiger partial charge in [0.05, 0.1) is 0 Å². The highest BCUT2D eigenvalue weighted by Gasteiger charge is 2.14. The van der Waals surface area contributed by atoms with Crippen LogP contribution in [0.4, 0.5) is 5.82 Å². The van der Waals surface area contributed by atoms with Gasteiger partial charge in [-0.1, -0.05) is 13.3 Å². The Kier molecular flexibility index (Phi) is 5.96. The second-order valence-electron chi connectivity index (χ2n) is 5.76. The van der Waals surface area contributed by atoms with Crippen LogP contribution < -0.4 is 10.6 Å². The molecule has 1 amide bonds. The number of rotatable bonds is 6. The fraction of sp³-hybridized carbons (Fsp3) is 0.688. The van der Waals surface area contributed by atoms with E-state index >= 15 is 0 Å². The monoisotopic (exact) mass is 290 g/mol. The molecule has 2 N–H and O–H groups in total. The summed E-state index contributed by atoms with van der Waals surface area (Å²) < 4.78 is 0. The van der Waals surface area contributed by atoms with E-state index in [2.05, 4.69) is 27.5 Å². The molecule has 1 heterocycles. The van der Waals surface area contributed by atoms with E-state index in [1.54, 1.807) is 6.33 Å². The lowest BCUT2D eigenvalue weighted by Gasteiger charge is -2.14. The first kappa shape index (κ1) is 15.7. The fourth-order valence-corrected chi connectivity index (χ4v) is 2.59. The quantitative estimate of drug-likeness (QED) is 0.790. The van der Waals surface area contributed by atoms with E-state index in [4.69, 9.17) is 0 Å². The first-order chi connectivity index (χ1) is 10.2. The van der Waals surface area contributed by atoms with Gasteiger partial charge in [-0.25, -0.2) is 9.97 Å². The van der Waals surface area contributed by atoms with Crippen LogP contribution in [0, 0.1) is 0 Å². The summed E-state index contributed by atoms with van der Waals surface area (Å²) in [6, 6.07) is 0.243. The molecule has 1 unspecified atom stereocenters. The minimum atomic E-state index is 0.0944. The van der Waals surface area contributed by atoms with E-state index in [0.29, 0.717) is 13.0 Å². The van der Waals surface area contributed by atoms with Crippen molar-refractivity contribution in [1.82, 2.24) is 15.3 Å². The zero-order valence-corrected chi connectivity index (χ0v) is 13.1. The van der Waals surface area contributed by atoms with Crippen molar-refractivity contribution < 1.29 is 4.79 Å². The minimum Gasteiger partial charge on any atom is -0.369 e. The molecule has 2 rings (SSSR count). The molecule has 0 saturated carbocycles. The van der Waals surface area contributed by atoms with Gasteiger partial charge < -0.3 is 10.6 Å². The van der Waals surface area contributed by atoms with E-state index in [1.165, 1.54) is 30.5 Å². The van der Waals surface area contributed by atoms with Gasteiger partial charge >= 0.3 is 0 Å². The number of fused-ring (bicyclic) bond motifs is 1. The molecule has 0 aromatic carbocycles. The molecular formula is C16H26N4O. The Hall–Kier alpha value is -1.65. The number of anilines is 1. The number of aromatic nitrogens is 2. The second kappa shape index (κ2) is 7.96. The lowest BCUT2D eigenvalue weighted by atomic mass is 10.1. The molecule has 0 fully saturated rings. The smallest absolute Gasteiger partial charge is 0.221 e. The molecular weight excluding hydrogens is 264 g/mol. The lowest BCUT2D eigenvalue weighted by molar-refractivity contribution is -0.121. The van der Waals surface area contributed by atoms with E-state index in [0.717, 1.165) is 25.1 Å². The third kappa shape index (κ3) is 4.69. The maximum atomic E-state index is 11.8. The van der Waals surface area contributed by atoms with Crippen molar-refractivity contribution in [1.29, 1.82) is 0 Å². The Morgan fingerprint density at radius 1 is 1.29 bits per heavy atom.